The Balaban J connectivity index is 2.05. The predicted molar refractivity (Wildman–Crippen MR) is 67.9 cm³/mol. The van der Waals surface area contributed by atoms with Gasteiger partial charge in [-0.25, -0.2) is 9.37 Å². The van der Waals surface area contributed by atoms with Crippen molar-refractivity contribution in [2.45, 2.75) is 10.8 Å². The van der Waals surface area contributed by atoms with Crippen LogP contribution >= 0.6 is 27.7 Å². The molecule has 0 saturated carbocycles. The lowest BCUT2D eigenvalue weighted by Gasteiger charge is -2.02. The predicted octanol–water partition coefficient (Wildman–Crippen LogP) is 4.28. The van der Waals surface area contributed by atoms with Crippen molar-refractivity contribution >= 4 is 27.7 Å². The van der Waals surface area contributed by atoms with Crippen LogP contribution in [0.25, 0.3) is 0 Å². The van der Waals surface area contributed by atoms with Gasteiger partial charge in [0.05, 0.1) is 0 Å². The number of thioether (sulfide) groups is 1. The van der Waals surface area contributed by atoms with Crippen LogP contribution in [0.3, 0.4) is 0 Å². The number of hydrogen-bond acceptors (Lipinski definition) is 2. The summed E-state index contributed by atoms with van der Waals surface area (Å²) in [6.45, 7) is 0. The third kappa shape index (κ3) is 3.06. The molecule has 0 unspecified atom stereocenters. The zero-order chi connectivity index (χ0) is 11.4. The molecule has 1 heterocycles. The fourth-order valence-corrected chi connectivity index (χ4v) is 2.36. The molecule has 0 bridgehead atoms. The normalized spacial score (nSPS) is 10.4. The van der Waals surface area contributed by atoms with Crippen LogP contribution in [0.2, 0.25) is 0 Å². The Morgan fingerprint density at radius 2 is 2.00 bits per heavy atom. The summed E-state index contributed by atoms with van der Waals surface area (Å²) in [4.78, 5) is 4.03. The molecule has 0 aliphatic rings. The second-order valence-electron chi connectivity index (χ2n) is 3.21. The van der Waals surface area contributed by atoms with Gasteiger partial charge < -0.3 is 0 Å². The molecule has 82 valence electrons. The van der Waals surface area contributed by atoms with Gasteiger partial charge in [0.1, 0.15) is 5.03 Å². The summed E-state index contributed by atoms with van der Waals surface area (Å²) >= 11 is 4.58. The molecule has 0 saturated heterocycles. The van der Waals surface area contributed by atoms with Crippen LogP contribution in [-0.2, 0) is 5.75 Å². The topological polar surface area (TPSA) is 12.9 Å². The number of aromatic nitrogens is 1. The smallest absolute Gasteiger partial charge is 0.156 e. The molecule has 1 nitrogen and oxygen atoms in total. The number of nitrogens with zero attached hydrogens (tertiary/aromatic N) is 1. The molecule has 0 fully saturated rings. The first-order valence-electron chi connectivity index (χ1n) is 4.73. The molecule has 0 spiro atoms. The number of pyridine rings is 1. The minimum atomic E-state index is -0.282. The minimum Gasteiger partial charge on any atom is -0.246 e. The fraction of sp³-hybridized carbons (Fsp3) is 0.0833. The summed E-state index contributed by atoms with van der Waals surface area (Å²) in [6.07, 6.45) is 1.61. The molecule has 16 heavy (non-hydrogen) atoms. The maximum Gasteiger partial charge on any atom is 0.156 e. The van der Waals surface area contributed by atoms with E-state index in [1.807, 2.05) is 30.3 Å². The SMILES string of the molecule is Fc1cc(Br)cnc1SCc1ccccc1. The van der Waals surface area contributed by atoms with Crippen molar-refractivity contribution in [3.8, 4) is 0 Å². The van der Waals surface area contributed by atoms with Gasteiger partial charge in [-0.2, -0.15) is 0 Å². The van der Waals surface area contributed by atoms with E-state index in [0.717, 1.165) is 11.3 Å². The molecular weight excluding hydrogens is 289 g/mol. The molecule has 4 heteroatoms. The molecule has 0 aliphatic carbocycles. The van der Waals surface area contributed by atoms with Gasteiger partial charge in [-0.1, -0.05) is 42.1 Å². The third-order valence-corrected chi connectivity index (χ3v) is 3.48. The van der Waals surface area contributed by atoms with E-state index in [0.29, 0.717) is 9.50 Å². The summed E-state index contributed by atoms with van der Waals surface area (Å²) < 4.78 is 14.1. The van der Waals surface area contributed by atoms with E-state index >= 15 is 0 Å². The monoisotopic (exact) mass is 297 g/mol. The first kappa shape index (κ1) is 11.6. The van der Waals surface area contributed by atoms with Crippen LogP contribution in [0, 0.1) is 5.82 Å². The van der Waals surface area contributed by atoms with E-state index in [2.05, 4.69) is 20.9 Å². The Kier molecular flexibility index (Phi) is 3.96. The van der Waals surface area contributed by atoms with Gasteiger partial charge >= 0.3 is 0 Å². The first-order chi connectivity index (χ1) is 7.75. The lowest BCUT2D eigenvalue weighted by molar-refractivity contribution is 0.586. The average Bonchev–Trinajstić information content (AvgIpc) is 2.29. The Bertz CT molecular complexity index is 476. The second-order valence-corrected chi connectivity index (χ2v) is 5.09. The number of halogens is 2. The van der Waals surface area contributed by atoms with Crippen molar-refractivity contribution in [1.82, 2.24) is 4.98 Å². The largest absolute Gasteiger partial charge is 0.246 e. The van der Waals surface area contributed by atoms with Gasteiger partial charge in [0, 0.05) is 16.4 Å². The summed E-state index contributed by atoms with van der Waals surface area (Å²) in [5, 5.41) is 0.437. The van der Waals surface area contributed by atoms with Crippen LogP contribution in [0.5, 0.6) is 0 Å². The van der Waals surface area contributed by atoms with Crippen LogP contribution in [-0.4, -0.2) is 4.98 Å². The molecular formula is C12H9BrFNS. The molecule has 0 atom stereocenters. The second kappa shape index (κ2) is 5.46. The van der Waals surface area contributed by atoms with E-state index in [-0.39, 0.29) is 5.82 Å². The van der Waals surface area contributed by atoms with E-state index in [9.17, 15) is 4.39 Å². The van der Waals surface area contributed by atoms with E-state index < -0.39 is 0 Å². The molecule has 1 aromatic carbocycles. The third-order valence-electron chi connectivity index (χ3n) is 1.99. The van der Waals surface area contributed by atoms with Crippen molar-refractivity contribution in [2.24, 2.45) is 0 Å². The van der Waals surface area contributed by atoms with Crippen LogP contribution < -0.4 is 0 Å². The van der Waals surface area contributed by atoms with Crippen molar-refractivity contribution in [2.75, 3.05) is 0 Å². The van der Waals surface area contributed by atoms with Crippen LogP contribution in [0.15, 0.2) is 52.1 Å². The molecule has 0 amide bonds. The van der Waals surface area contributed by atoms with Crippen molar-refractivity contribution in [1.29, 1.82) is 0 Å². The maximum absolute atomic E-state index is 13.4. The van der Waals surface area contributed by atoms with Gasteiger partial charge in [0.2, 0.25) is 0 Å². The van der Waals surface area contributed by atoms with Crippen molar-refractivity contribution < 1.29 is 4.39 Å². The molecule has 0 aliphatic heterocycles. The van der Waals surface area contributed by atoms with Gasteiger partial charge in [0.25, 0.3) is 0 Å². The zero-order valence-corrected chi connectivity index (χ0v) is 10.8. The van der Waals surface area contributed by atoms with Crippen LogP contribution in [0.4, 0.5) is 4.39 Å². The minimum absolute atomic E-state index is 0.282. The van der Waals surface area contributed by atoms with E-state index in [1.165, 1.54) is 17.8 Å². The molecule has 1 aromatic heterocycles. The summed E-state index contributed by atoms with van der Waals surface area (Å²) in [5.41, 5.74) is 1.16. The highest BCUT2D eigenvalue weighted by atomic mass is 79.9. The van der Waals surface area contributed by atoms with Crippen LogP contribution in [0.1, 0.15) is 5.56 Å². The molecule has 0 radical (unpaired) electrons. The summed E-state index contributed by atoms with van der Waals surface area (Å²) in [6, 6.07) is 11.4. The van der Waals surface area contributed by atoms with Gasteiger partial charge in [-0.3, -0.25) is 0 Å². The Morgan fingerprint density at radius 1 is 1.25 bits per heavy atom. The number of rotatable bonds is 3. The highest BCUT2D eigenvalue weighted by Crippen LogP contribution is 2.24. The van der Waals surface area contributed by atoms with Gasteiger partial charge in [0.15, 0.2) is 5.82 Å². The fourth-order valence-electron chi connectivity index (χ4n) is 1.23. The maximum atomic E-state index is 13.4. The lowest BCUT2D eigenvalue weighted by Crippen LogP contribution is -1.87. The van der Waals surface area contributed by atoms with Gasteiger partial charge in [-0.15, -0.1) is 0 Å². The number of hydrogen-bond donors (Lipinski definition) is 0. The van der Waals surface area contributed by atoms with Crippen molar-refractivity contribution in [3.05, 3.63) is 58.4 Å². The first-order valence-corrected chi connectivity index (χ1v) is 6.51. The highest BCUT2D eigenvalue weighted by molar-refractivity contribution is 9.10. The average molecular weight is 298 g/mol. The zero-order valence-electron chi connectivity index (χ0n) is 8.36. The number of benzene rings is 1. The van der Waals surface area contributed by atoms with Crippen molar-refractivity contribution in [3.63, 3.8) is 0 Å². The summed E-state index contributed by atoms with van der Waals surface area (Å²) in [5.74, 6) is 0.446. The Morgan fingerprint density at radius 3 is 2.69 bits per heavy atom. The van der Waals surface area contributed by atoms with E-state index in [1.54, 1.807) is 6.20 Å². The Labute approximate surface area is 106 Å². The molecule has 2 rings (SSSR count). The highest BCUT2D eigenvalue weighted by Gasteiger charge is 2.05. The van der Waals surface area contributed by atoms with Gasteiger partial charge in [-0.05, 0) is 27.6 Å². The molecule has 0 N–H and O–H groups in total. The summed E-state index contributed by atoms with van der Waals surface area (Å²) in [7, 11) is 0. The lowest BCUT2D eigenvalue weighted by atomic mass is 10.2. The quantitative estimate of drug-likeness (QED) is 0.785. The standard InChI is InChI=1S/C12H9BrFNS/c13-10-6-11(14)12(15-7-10)16-8-9-4-2-1-3-5-9/h1-7H,8H2. The van der Waals surface area contributed by atoms with E-state index in [4.69, 9.17) is 0 Å². The molecule has 2 aromatic rings. The Hall–Kier alpha value is -0.870.